The van der Waals surface area contributed by atoms with Crippen molar-refractivity contribution in [3.8, 4) is 23.0 Å². The lowest BCUT2D eigenvalue weighted by molar-refractivity contribution is 0.0697. The highest BCUT2D eigenvalue weighted by Crippen LogP contribution is 2.30. The van der Waals surface area contributed by atoms with Crippen LogP contribution in [0.1, 0.15) is 33.5 Å². The van der Waals surface area contributed by atoms with Gasteiger partial charge < -0.3 is 14.8 Å². The Morgan fingerprint density at radius 1 is 1.12 bits per heavy atom. The van der Waals surface area contributed by atoms with Crippen LogP contribution in [-0.4, -0.2) is 47.3 Å². The summed E-state index contributed by atoms with van der Waals surface area (Å²) in [7, 11) is 1.78. The molecule has 1 saturated heterocycles. The quantitative estimate of drug-likeness (QED) is 0.413. The van der Waals surface area contributed by atoms with Gasteiger partial charge in [-0.25, -0.2) is 4.79 Å². The number of methoxy groups -OCH3 is 1. The molecule has 0 aliphatic carbocycles. The van der Waals surface area contributed by atoms with Gasteiger partial charge in [-0.1, -0.05) is 42.2 Å². The molecule has 2 heterocycles. The summed E-state index contributed by atoms with van der Waals surface area (Å²) >= 11 is 0. The first-order chi connectivity index (χ1) is 16.6. The fourth-order valence-electron chi connectivity index (χ4n) is 4.57. The van der Waals surface area contributed by atoms with Crippen LogP contribution >= 0.6 is 0 Å². The zero-order valence-electron chi connectivity index (χ0n) is 19.0. The second-order valence-corrected chi connectivity index (χ2v) is 8.64. The highest BCUT2D eigenvalue weighted by molar-refractivity contribution is 5.99. The summed E-state index contributed by atoms with van der Waals surface area (Å²) in [6, 6.07) is 21.4. The number of carboxylic acid groups (broad SMARTS) is 1. The number of hydrogen-bond acceptors (Lipinski definition) is 3. The minimum Gasteiger partial charge on any atom is -0.478 e. The minimum absolute atomic E-state index is 0.244. The zero-order valence-corrected chi connectivity index (χ0v) is 19.0. The van der Waals surface area contributed by atoms with Crippen molar-refractivity contribution in [2.45, 2.75) is 19.1 Å². The van der Waals surface area contributed by atoms with Crippen LogP contribution in [0.3, 0.4) is 0 Å². The third kappa shape index (κ3) is 4.60. The van der Waals surface area contributed by atoms with Crippen molar-refractivity contribution in [3.63, 3.8) is 0 Å². The van der Waals surface area contributed by atoms with Crippen LogP contribution in [-0.2, 0) is 11.3 Å². The Labute approximate surface area is 199 Å². The number of rotatable bonds is 5. The molecule has 1 aromatic heterocycles. The maximum absolute atomic E-state index is 12.0. The Morgan fingerprint density at radius 2 is 1.97 bits per heavy atom. The van der Waals surface area contributed by atoms with E-state index in [2.05, 4.69) is 33.9 Å². The summed E-state index contributed by atoms with van der Waals surface area (Å²) in [6.45, 7) is 2.92. The SMILES string of the molecule is COC1CCN(Cc2ccc(C#Cc3cccc(C(=O)O)c3-c3ccc4cc[nH]c4c3)cc2)C1. The van der Waals surface area contributed by atoms with Crippen LogP contribution < -0.4 is 0 Å². The predicted octanol–water partition coefficient (Wildman–Crippen LogP) is 5.15. The number of aromatic carboxylic acids is 1. The number of aromatic amines is 1. The van der Waals surface area contributed by atoms with Gasteiger partial charge in [0.2, 0.25) is 0 Å². The summed E-state index contributed by atoms with van der Waals surface area (Å²) < 4.78 is 5.46. The Morgan fingerprint density at radius 3 is 2.74 bits per heavy atom. The molecule has 4 aromatic rings. The largest absolute Gasteiger partial charge is 0.478 e. The minimum atomic E-state index is -0.966. The lowest BCUT2D eigenvalue weighted by Crippen LogP contribution is -2.22. The molecule has 1 unspecified atom stereocenters. The van der Waals surface area contributed by atoms with Crippen LogP contribution in [0.2, 0.25) is 0 Å². The van der Waals surface area contributed by atoms with Gasteiger partial charge in [-0.15, -0.1) is 0 Å². The summed E-state index contributed by atoms with van der Waals surface area (Å²) in [5.41, 5.74) is 5.50. The molecule has 34 heavy (non-hydrogen) atoms. The fourth-order valence-corrected chi connectivity index (χ4v) is 4.57. The molecule has 0 radical (unpaired) electrons. The van der Waals surface area contributed by atoms with Crippen LogP contribution in [0.4, 0.5) is 0 Å². The molecular formula is C29H26N2O3. The van der Waals surface area contributed by atoms with E-state index in [0.717, 1.165) is 48.1 Å². The Balaban J connectivity index is 1.42. The number of H-pyrrole nitrogens is 1. The topological polar surface area (TPSA) is 65.6 Å². The molecular weight excluding hydrogens is 424 g/mol. The second kappa shape index (κ2) is 9.56. The number of ether oxygens (including phenoxy) is 1. The van der Waals surface area contributed by atoms with Crippen LogP contribution in [0.15, 0.2) is 72.9 Å². The van der Waals surface area contributed by atoms with E-state index in [-0.39, 0.29) is 5.56 Å². The van der Waals surface area contributed by atoms with E-state index in [4.69, 9.17) is 4.74 Å². The number of carbonyl (C=O) groups is 1. The average Bonchev–Trinajstić information content (AvgIpc) is 3.52. The number of aromatic nitrogens is 1. The normalized spacial score (nSPS) is 15.9. The molecule has 5 nitrogen and oxygen atoms in total. The van der Waals surface area contributed by atoms with Crippen molar-refractivity contribution in [2.24, 2.45) is 0 Å². The van der Waals surface area contributed by atoms with E-state index in [9.17, 15) is 9.90 Å². The van der Waals surface area contributed by atoms with E-state index in [1.54, 1.807) is 19.2 Å². The summed E-state index contributed by atoms with van der Waals surface area (Å²) in [4.78, 5) is 17.6. The third-order valence-corrected chi connectivity index (χ3v) is 6.40. The number of carboxylic acids is 1. The maximum Gasteiger partial charge on any atom is 0.336 e. The van der Waals surface area contributed by atoms with E-state index in [1.165, 1.54) is 5.56 Å². The standard InChI is InChI=1S/C29H26N2O3/c1-34-25-14-16-31(19-25)18-21-7-5-20(6-8-21)9-10-23-3-2-4-26(29(32)33)28(23)24-12-11-22-13-15-30-27(22)17-24/h2-8,11-13,15,17,25,30H,14,16,18-19H2,1H3,(H,32,33). The highest BCUT2D eigenvalue weighted by Gasteiger charge is 2.21. The van der Waals surface area contributed by atoms with Gasteiger partial charge in [-0.2, -0.15) is 0 Å². The van der Waals surface area contributed by atoms with Crippen LogP contribution in [0.25, 0.3) is 22.0 Å². The second-order valence-electron chi connectivity index (χ2n) is 8.64. The van der Waals surface area contributed by atoms with E-state index in [1.807, 2.05) is 48.7 Å². The molecule has 3 aromatic carbocycles. The molecule has 0 saturated carbocycles. The first-order valence-corrected chi connectivity index (χ1v) is 11.4. The van der Waals surface area contributed by atoms with Crippen molar-refractivity contribution in [3.05, 3.63) is 95.2 Å². The Hall–Kier alpha value is -3.85. The van der Waals surface area contributed by atoms with Crippen molar-refractivity contribution in [1.29, 1.82) is 0 Å². The third-order valence-electron chi connectivity index (χ3n) is 6.40. The van der Waals surface area contributed by atoms with Gasteiger partial charge in [0, 0.05) is 55.1 Å². The Bertz CT molecular complexity index is 1390. The molecule has 170 valence electrons. The molecule has 0 spiro atoms. The molecule has 1 fully saturated rings. The lowest BCUT2D eigenvalue weighted by Gasteiger charge is -2.15. The molecule has 0 bridgehead atoms. The van der Waals surface area contributed by atoms with Gasteiger partial charge >= 0.3 is 5.97 Å². The number of hydrogen-bond donors (Lipinski definition) is 2. The number of nitrogens with one attached hydrogen (secondary N) is 1. The molecule has 0 amide bonds. The van der Waals surface area contributed by atoms with Crippen molar-refractivity contribution in [1.82, 2.24) is 9.88 Å². The monoisotopic (exact) mass is 450 g/mol. The molecule has 5 heteroatoms. The van der Waals surface area contributed by atoms with E-state index >= 15 is 0 Å². The molecule has 1 aliphatic rings. The predicted molar refractivity (Wildman–Crippen MR) is 134 cm³/mol. The van der Waals surface area contributed by atoms with Crippen LogP contribution in [0, 0.1) is 11.8 Å². The van der Waals surface area contributed by atoms with Crippen molar-refractivity contribution < 1.29 is 14.6 Å². The summed E-state index contributed by atoms with van der Waals surface area (Å²) in [5, 5.41) is 10.9. The number of fused-ring (bicyclic) bond motifs is 1. The van der Waals surface area contributed by atoms with Crippen molar-refractivity contribution in [2.75, 3.05) is 20.2 Å². The first kappa shape index (κ1) is 22.0. The fraction of sp³-hybridized carbons (Fsp3) is 0.207. The lowest BCUT2D eigenvalue weighted by atomic mass is 9.93. The number of likely N-dealkylation sites (tertiary alicyclic amines) is 1. The number of benzene rings is 3. The smallest absolute Gasteiger partial charge is 0.336 e. The summed E-state index contributed by atoms with van der Waals surface area (Å²) in [5.74, 6) is 5.48. The van der Waals surface area contributed by atoms with E-state index in [0.29, 0.717) is 17.2 Å². The van der Waals surface area contributed by atoms with Gasteiger partial charge in [-0.05, 0) is 59.3 Å². The van der Waals surface area contributed by atoms with E-state index < -0.39 is 5.97 Å². The molecule has 5 rings (SSSR count). The highest BCUT2D eigenvalue weighted by atomic mass is 16.5. The molecule has 1 atom stereocenters. The maximum atomic E-state index is 12.0. The van der Waals surface area contributed by atoms with Gasteiger partial charge in [0.25, 0.3) is 0 Å². The zero-order chi connectivity index (χ0) is 23.5. The molecule has 1 aliphatic heterocycles. The summed E-state index contributed by atoms with van der Waals surface area (Å²) in [6.07, 6.45) is 3.29. The molecule has 2 N–H and O–H groups in total. The Kier molecular flexibility index (Phi) is 6.18. The van der Waals surface area contributed by atoms with Gasteiger partial charge in [0.05, 0.1) is 11.7 Å². The number of nitrogens with zero attached hydrogens (tertiary/aromatic N) is 1. The van der Waals surface area contributed by atoms with Gasteiger partial charge in [0.1, 0.15) is 0 Å². The van der Waals surface area contributed by atoms with Crippen LogP contribution in [0.5, 0.6) is 0 Å². The van der Waals surface area contributed by atoms with Gasteiger partial charge in [0.15, 0.2) is 0 Å². The first-order valence-electron chi connectivity index (χ1n) is 11.4. The van der Waals surface area contributed by atoms with Gasteiger partial charge in [-0.3, -0.25) is 4.90 Å². The average molecular weight is 451 g/mol. The van der Waals surface area contributed by atoms with Crippen molar-refractivity contribution >= 4 is 16.9 Å².